The largest absolute Gasteiger partial charge is 0.448 e. The Labute approximate surface area is 137 Å². The number of amides is 1. The highest BCUT2D eigenvalue weighted by Gasteiger charge is 2.23. The Kier molecular flexibility index (Phi) is 5.19. The second-order valence-electron chi connectivity index (χ2n) is 5.25. The van der Waals surface area contributed by atoms with Gasteiger partial charge in [-0.05, 0) is 6.42 Å². The van der Waals surface area contributed by atoms with E-state index in [1.807, 2.05) is 6.92 Å². The van der Waals surface area contributed by atoms with E-state index in [4.69, 9.17) is 9.15 Å². The van der Waals surface area contributed by atoms with Crippen LogP contribution in [0, 0.1) is 0 Å². The number of aromatic nitrogens is 3. The molecule has 0 radical (unpaired) electrons. The summed E-state index contributed by atoms with van der Waals surface area (Å²) in [6.45, 7) is 4.52. The van der Waals surface area contributed by atoms with Crippen LogP contribution in [-0.4, -0.2) is 53.4 Å². The number of morpholine rings is 1. The fraction of sp³-hybridized carbons (Fsp3) is 0.571. The number of rotatable bonds is 6. The maximum Gasteiger partial charge on any atom is 0.273 e. The summed E-state index contributed by atoms with van der Waals surface area (Å²) in [4.78, 5) is 18.4. The monoisotopic (exact) mass is 337 g/mol. The van der Waals surface area contributed by atoms with E-state index in [1.54, 1.807) is 5.51 Å². The Morgan fingerprint density at radius 2 is 2.48 bits per heavy atom. The molecule has 0 unspecified atom stereocenters. The lowest BCUT2D eigenvalue weighted by atomic mass is 10.2. The van der Waals surface area contributed by atoms with Crippen LogP contribution in [0.3, 0.4) is 0 Å². The van der Waals surface area contributed by atoms with Crippen LogP contribution < -0.4 is 10.2 Å². The summed E-state index contributed by atoms with van der Waals surface area (Å²) >= 11 is 1.50. The molecule has 1 aliphatic rings. The van der Waals surface area contributed by atoms with Crippen molar-refractivity contribution in [3.05, 3.63) is 23.4 Å². The molecule has 3 heterocycles. The molecule has 1 fully saturated rings. The van der Waals surface area contributed by atoms with Gasteiger partial charge in [0.15, 0.2) is 11.6 Å². The molecule has 2 aromatic heterocycles. The van der Waals surface area contributed by atoms with Crippen LogP contribution in [0.15, 0.2) is 16.2 Å². The van der Waals surface area contributed by atoms with E-state index in [0.29, 0.717) is 31.3 Å². The van der Waals surface area contributed by atoms with E-state index in [2.05, 4.69) is 25.4 Å². The van der Waals surface area contributed by atoms with Gasteiger partial charge in [-0.15, -0.1) is 10.2 Å². The standard InChI is InChI=1S/C14H19N5O3S/c1-2-3-12-17-11(8-22-12)13(20)15-6-10-7-19(4-5-21-10)14-18-16-9-23-14/h8-10H,2-7H2,1H3,(H,15,20)/t10-/m0/s1. The molecule has 0 bridgehead atoms. The van der Waals surface area contributed by atoms with Crippen molar-refractivity contribution in [2.45, 2.75) is 25.9 Å². The summed E-state index contributed by atoms with van der Waals surface area (Å²) in [5.41, 5.74) is 2.02. The van der Waals surface area contributed by atoms with Gasteiger partial charge in [0.2, 0.25) is 5.13 Å². The number of carbonyl (C=O) groups is 1. The molecule has 23 heavy (non-hydrogen) atoms. The zero-order valence-corrected chi connectivity index (χ0v) is 13.7. The summed E-state index contributed by atoms with van der Waals surface area (Å²) in [6.07, 6.45) is 2.98. The van der Waals surface area contributed by atoms with Crippen LogP contribution in [-0.2, 0) is 11.2 Å². The number of ether oxygens (including phenoxy) is 1. The third-order valence-corrected chi connectivity index (χ3v) is 4.25. The maximum absolute atomic E-state index is 12.1. The van der Waals surface area contributed by atoms with Crippen LogP contribution in [0.5, 0.6) is 0 Å². The first-order chi connectivity index (χ1) is 11.3. The Bertz CT molecular complexity index is 630. The predicted molar refractivity (Wildman–Crippen MR) is 84.7 cm³/mol. The number of nitrogens with one attached hydrogen (secondary N) is 1. The lowest BCUT2D eigenvalue weighted by molar-refractivity contribution is 0.0396. The SMILES string of the molecule is CCCc1nc(C(=O)NC[C@H]2CN(c3nncs3)CCO2)co1. The van der Waals surface area contributed by atoms with Crippen LogP contribution >= 0.6 is 11.3 Å². The quantitative estimate of drug-likeness (QED) is 0.844. The average Bonchev–Trinajstić information content (AvgIpc) is 3.25. The van der Waals surface area contributed by atoms with Gasteiger partial charge in [0.25, 0.3) is 5.91 Å². The maximum atomic E-state index is 12.1. The second kappa shape index (κ2) is 7.51. The van der Waals surface area contributed by atoms with Gasteiger partial charge in [-0.25, -0.2) is 4.98 Å². The molecule has 0 saturated carbocycles. The predicted octanol–water partition coefficient (Wildman–Crippen LogP) is 1.11. The first-order valence-corrected chi connectivity index (χ1v) is 8.49. The summed E-state index contributed by atoms with van der Waals surface area (Å²) in [5, 5.41) is 11.6. The average molecular weight is 337 g/mol. The topological polar surface area (TPSA) is 93.4 Å². The van der Waals surface area contributed by atoms with E-state index in [1.165, 1.54) is 17.6 Å². The smallest absolute Gasteiger partial charge is 0.273 e. The molecule has 8 nitrogen and oxygen atoms in total. The minimum Gasteiger partial charge on any atom is -0.448 e. The Hall–Kier alpha value is -2.00. The van der Waals surface area contributed by atoms with E-state index < -0.39 is 0 Å². The van der Waals surface area contributed by atoms with E-state index in [-0.39, 0.29) is 12.0 Å². The van der Waals surface area contributed by atoms with Gasteiger partial charge in [-0.1, -0.05) is 18.3 Å². The van der Waals surface area contributed by atoms with Crippen LogP contribution in [0.25, 0.3) is 0 Å². The number of nitrogens with zero attached hydrogens (tertiary/aromatic N) is 4. The number of oxazole rings is 1. The molecule has 0 aliphatic carbocycles. The van der Waals surface area contributed by atoms with Gasteiger partial charge in [0.05, 0.1) is 12.7 Å². The van der Waals surface area contributed by atoms with Gasteiger partial charge in [-0.3, -0.25) is 4.79 Å². The van der Waals surface area contributed by atoms with Crippen molar-refractivity contribution in [1.82, 2.24) is 20.5 Å². The van der Waals surface area contributed by atoms with Crippen molar-refractivity contribution in [3.63, 3.8) is 0 Å². The van der Waals surface area contributed by atoms with Crippen LogP contribution in [0.4, 0.5) is 5.13 Å². The highest BCUT2D eigenvalue weighted by molar-refractivity contribution is 7.13. The Balaban J connectivity index is 1.50. The Morgan fingerprint density at radius 1 is 1.57 bits per heavy atom. The number of hydrogen-bond donors (Lipinski definition) is 1. The molecule has 1 N–H and O–H groups in total. The van der Waals surface area contributed by atoms with Gasteiger partial charge in [0.1, 0.15) is 11.8 Å². The number of hydrogen-bond acceptors (Lipinski definition) is 8. The molecule has 1 aliphatic heterocycles. The van der Waals surface area contributed by atoms with Crippen LogP contribution in [0.2, 0.25) is 0 Å². The molecule has 0 aromatic carbocycles. The Morgan fingerprint density at radius 3 is 3.26 bits per heavy atom. The zero-order valence-electron chi connectivity index (χ0n) is 12.9. The fourth-order valence-electron chi connectivity index (χ4n) is 2.36. The molecule has 3 rings (SSSR count). The zero-order chi connectivity index (χ0) is 16.1. The van der Waals surface area contributed by atoms with Crippen molar-refractivity contribution in [2.24, 2.45) is 0 Å². The molecular weight excluding hydrogens is 318 g/mol. The molecule has 1 atom stereocenters. The van der Waals surface area contributed by atoms with Gasteiger partial charge >= 0.3 is 0 Å². The summed E-state index contributed by atoms with van der Waals surface area (Å²) in [5.74, 6) is 0.349. The molecule has 0 spiro atoms. The minimum absolute atomic E-state index is 0.0846. The molecular formula is C14H19N5O3S. The normalized spacial score (nSPS) is 18.1. The van der Waals surface area contributed by atoms with E-state index in [0.717, 1.165) is 24.5 Å². The highest BCUT2D eigenvalue weighted by atomic mass is 32.1. The molecule has 1 amide bonds. The van der Waals surface area contributed by atoms with Gasteiger partial charge in [0, 0.05) is 26.1 Å². The van der Waals surface area contributed by atoms with Crippen molar-refractivity contribution in [2.75, 3.05) is 31.1 Å². The minimum atomic E-state index is -0.243. The summed E-state index contributed by atoms with van der Waals surface area (Å²) in [7, 11) is 0. The first-order valence-electron chi connectivity index (χ1n) is 7.61. The van der Waals surface area contributed by atoms with Crippen molar-refractivity contribution in [3.8, 4) is 0 Å². The van der Waals surface area contributed by atoms with Gasteiger partial charge < -0.3 is 19.4 Å². The third-order valence-electron chi connectivity index (χ3n) is 3.50. The lowest BCUT2D eigenvalue weighted by Gasteiger charge is -2.32. The number of anilines is 1. The van der Waals surface area contributed by atoms with Crippen molar-refractivity contribution in [1.29, 1.82) is 0 Å². The lowest BCUT2D eigenvalue weighted by Crippen LogP contribution is -2.47. The molecule has 9 heteroatoms. The van der Waals surface area contributed by atoms with Gasteiger partial charge in [-0.2, -0.15) is 0 Å². The van der Waals surface area contributed by atoms with Crippen molar-refractivity contribution >= 4 is 22.4 Å². The fourth-order valence-corrected chi connectivity index (χ4v) is 2.96. The van der Waals surface area contributed by atoms with Crippen molar-refractivity contribution < 1.29 is 13.9 Å². The first kappa shape index (κ1) is 15.9. The van der Waals surface area contributed by atoms with E-state index >= 15 is 0 Å². The molecule has 1 saturated heterocycles. The summed E-state index contributed by atoms with van der Waals surface area (Å²) < 4.78 is 11.0. The van der Waals surface area contributed by atoms with Crippen LogP contribution in [0.1, 0.15) is 29.7 Å². The highest BCUT2D eigenvalue weighted by Crippen LogP contribution is 2.18. The number of aryl methyl sites for hydroxylation is 1. The molecule has 2 aromatic rings. The van der Waals surface area contributed by atoms with E-state index in [9.17, 15) is 4.79 Å². The third kappa shape index (κ3) is 4.05. The molecule has 124 valence electrons. The number of carbonyl (C=O) groups excluding carboxylic acids is 1. The summed E-state index contributed by atoms with van der Waals surface area (Å²) in [6, 6.07) is 0. The second-order valence-corrected chi connectivity index (χ2v) is 6.06.